The van der Waals surface area contributed by atoms with Crippen LogP contribution in [0.3, 0.4) is 0 Å². The van der Waals surface area contributed by atoms with Gasteiger partial charge in [0.05, 0.1) is 13.8 Å². The fourth-order valence-corrected chi connectivity index (χ4v) is 4.08. The Hall–Kier alpha value is -2.19. The lowest BCUT2D eigenvalue weighted by molar-refractivity contribution is 1.31. The minimum atomic E-state index is -1.41. The van der Waals surface area contributed by atoms with E-state index in [1.807, 2.05) is 0 Å². The average molecular weight is 332 g/mol. The topological polar surface area (TPSA) is 12.9 Å². The summed E-state index contributed by atoms with van der Waals surface area (Å²) in [5, 5.41) is 1.40. The van der Waals surface area contributed by atoms with Gasteiger partial charge in [0.15, 0.2) is 0 Å². The van der Waals surface area contributed by atoms with Crippen molar-refractivity contribution in [1.82, 2.24) is 4.98 Å². The molecule has 2 aromatic carbocycles. The normalized spacial score (nSPS) is 11.5. The fourth-order valence-electron chi connectivity index (χ4n) is 3.05. The average Bonchev–Trinajstić information content (AvgIpc) is 2.53. The Bertz CT molecular complexity index is 841. The Morgan fingerprint density at radius 1 is 0.750 bits per heavy atom. The molecule has 122 valence electrons. The van der Waals surface area contributed by atoms with Crippen LogP contribution in [0, 0.1) is 13.8 Å². The van der Waals surface area contributed by atoms with Gasteiger partial charge >= 0.3 is 0 Å². The molecule has 0 spiro atoms. The standard InChI is InChI=1S/C22H25NSi/c1-16-11-17(2)13-19(12-16)22-21(18-9-7-6-8-10-18)14-20(15-23-22)24(3,4)5/h6-15H,1-5H3. The van der Waals surface area contributed by atoms with E-state index in [9.17, 15) is 0 Å². The first-order chi connectivity index (χ1) is 11.3. The van der Waals surface area contributed by atoms with Gasteiger partial charge in [-0.3, -0.25) is 4.98 Å². The maximum absolute atomic E-state index is 4.91. The predicted octanol–water partition coefficient (Wildman–Crippen LogP) is 5.58. The maximum Gasteiger partial charge on any atom is 0.0796 e. The highest BCUT2D eigenvalue weighted by Gasteiger charge is 2.20. The molecule has 1 heterocycles. The molecule has 0 amide bonds. The van der Waals surface area contributed by atoms with E-state index in [0.29, 0.717) is 0 Å². The minimum Gasteiger partial charge on any atom is -0.256 e. The smallest absolute Gasteiger partial charge is 0.0796 e. The molecule has 0 bridgehead atoms. The lowest BCUT2D eigenvalue weighted by atomic mass is 9.97. The summed E-state index contributed by atoms with van der Waals surface area (Å²) in [5.41, 5.74) is 7.31. The van der Waals surface area contributed by atoms with Crippen LogP contribution in [0.15, 0.2) is 60.8 Å². The van der Waals surface area contributed by atoms with Crippen LogP contribution in [0.2, 0.25) is 19.6 Å². The van der Waals surface area contributed by atoms with Crippen LogP contribution in [-0.4, -0.2) is 13.1 Å². The zero-order valence-electron chi connectivity index (χ0n) is 15.2. The Morgan fingerprint density at radius 3 is 1.96 bits per heavy atom. The number of rotatable bonds is 3. The number of aromatic nitrogens is 1. The summed E-state index contributed by atoms with van der Waals surface area (Å²) in [6, 6.07) is 19.7. The Morgan fingerprint density at radius 2 is 1.38 bits per heavy atom. The molecule has 0 radical (unpaired) electrons. The van der Waals surface area contributed by atoms with Crippen LogP contribution >= 0.6 is 0 Å². The molecule has 0 saturated carbocycles. The van der Waals surface area contributed by atoms with Crippen molar-refractivity contribution in [2.45, 2.75) is 33.5 Å². The predicted molar refractivity (Wildman–Crippen MR) is 108 cm³/mol. The first-order valence-electron chi connectivity index (χ1n) is 8.49. The van der Waals surface area contributed by atoms with Crippen molar-refractivity contribution in [3.63, 3.8) is 0 Å². The molecule has 1 nitrogen and oxygen atoms in total. The first kappa shape index (κ1) is 16.7. The molecule has 2 heteroatoms. The van der Waals surface area contributed by atoms with E-state index < -0.39 is 8.07 Å². The highest BCUT2D eigenvalue weighted by atomic mass is 28.3. The van der Waals surface area contributed by atoms with E-state index in [4.69, 9.17) is 4.98 Å². The lowest BCUT2D eigenvalue weighted by Gasteiger charge is -2.19. The third-order valence-electron chi connectivity index (χ3n) is 4.33. The van der Waals surface area contributed by atoms with Gasteiger partial charge in [0.25, 0.3) is 0 Å². The molecule has 0 fully saturated rings. The molecule has 1 aromatic heterocycles. The summed E-state index contributed by atoms with van der Waals surface area (Å²) < 4.78 is 0. The molecule has 0 saturated heterocycles. The SMILES string of the molecule is Cc1cc(C)cc(-c2ncc([Si](C)(C)C)cc2-c2ccccc2)c1. The molecule has 0 unspecified atom stereocenters. The summed E-state index contributed by atoms with van der Waals surface area (Å²) in [6.45, 7) is 11.4. The van der Waals surface area contributed by atoms with Gasteiger partial charge in [-0.25, -0.2) is 0 Å². The van der Waals surface area contributed by atoms with Crippen molar-refractivity contribution in [3.8, 4) is 22.4 Å². The van der Waals surface area contributed by atoms with E-state index >= 15 is 0 Å². The number of hydrogen-bond acceptors (Lipinski definition) is 1. The number of nitrogens with zero attached hydrogens (tertiary/aromatic N) is 1. The van der Waals surface area contributed by atoms with Gasteiger partial charge in [-0.05, 0) is 36.7 Å². The molecule has 3 rings (SSSR count). The van der Waals surface area contributed by atoms with Gasteiger partial charge in [0.2, 0.25) is 0 Å². The van der Waals surface area contributed by atoms with Crippen molar-refractivity contribution in [1.29, 1.82) is 0 Å². The summed E-state index contributed by atoms with van der Waals surface area (Å²) in [4.78, 5) is 4.91. The summed E-state index contributed by atoms with van der Waals surface area (Å²) in [5.74, 6) is 0. The van der Waals surface area contributed by atoms with Gasteiger partial charge in [-0.2, -0.15) is 0 Å². The van der Waals surface area contributed by atoms with Crippen LogP contribution in [0.5, 0.6) is 0 Å². The molecule has 0 N–H and O–H groups in total. The quantitative estimate of drug-likeness (QED) is 0.571. The number of aryl methyl sites for hydroxylation is 2. The Labute approximate surface area is 146 Å². The van der Waals surface area contributed by atoms with Gasteiger partial charge in [-0.1, -0.05) is 73.2 Å². The number of pyridine rings is 1. The van der Waals surface area contributed by atoms with Gasteiger partial charge in [0, 0.05) is 17.3 Å². The van der Waals surface area contributed by atoms with Gasteiger partial charge in [0.1, 0.15) is 0 Å². The van der Waals surface area contributed by atoms with E-state index in [1.54, 1.807) is 0 Å². The van der Waals surface area contributed by atoms with Crippen molar-refractivity contribution in [3.05, 3.63) is 71.9 Å². The molecular weight excluding hydrogens is 306 g/mol. The van der Waals surface area contributed by atoms with Crippen LogP contribution in [0.1, 0.15) is 11.1 Å². The molecule has 0 atom stereocenters. The third-order valence-corrected chi connectivity index (χ3v) is 6.34. The largest absolute Gasteiger partial charge is 0.256 e. The van der Waals surface area contributed by atoms with E-state index in [-0.39, 0.29) is 0 Å². The zero-order valence-corrected chi connectivity index (χ0v) is 16.2. The number of hydrogen-bond donors (Lipinski definition) is 0. The van der Waals surface area contributed by atoms with Crippen molar-refractivity contribution >= 4 is 13.3 Å². The second-order valence-corrected chi connectivity index (χ2v) is 12.7. The van der Waals surface area contributed by atoms with E-state index in [1.165, 1.54) is 33.0 Å². The monoisotopic (exact) mass is 331 g/mol. The Kier molecular flexibility index (Phi) is 4.42. The highest BCUT2D eigenvalue weighted by molar-refractivity contribution is 6.88. The lowest BCUT2D eigenvalue weighted by Crippen LogP contribution is -2.38. The molecular formula is C22H25NSi. The zero-order chi connectivity index (χ0) is 17.3. The van der Waals surface area contributed by atoms with E-state index in [0.717, 1.165) is 5.69 Å². The maximum atomic E-state index is 4.91. The van der Waals surface area contributed by atoms with Crippen LogP contribution in [-0.2, 0) is 0 Å². The van der Waals surface area contributed by atoms with Crippen LogP contribution in [0.25, 0.3) is 22.4 Å². The second-order valence-electron chi connectivity index (χ2n) is 7.61. The highest BCUT2D eigenvalue weighted by Crippen LogP contribution is 2.31. The van der Waals surface area contributed by atoms with Crippen LogP contribution in [0.4, 0.5) is 0 Å². The molecule has 0 aliphatic rings. The molecule has 3 aromatic rings. The van der Waals surface area contributed by atoms with Crippen LogP contribution < -0.4 is 5.19 Å². The van der Waals surface area contributed by atoms with Gasteiger partial charge < -0.3 is 0 Å². The third kappa shape index (κ3) is 3.49. The fraction of sp³-hybridized carbons (Fsp3) is 0.227. The Balaban J connectivity index is 2.26. The molecule has 0 aliphatic carbocycles. The van der Waals surface area contributed by atoms with Crippen molar-refractivity contribution < 1.29 is 0 Å². The minimum absolute atomic E-state index is 1.08. The summed E-state index contributed by atoms with van der Waals surface area (Å²) in [7, 11) is -1.41. The van der Waals surface area contributed by atoms with Gasteiger partial charge in [-0.15, -0.1) is 0 Å². The number of benzene rings is 2. The first-order valence-corrected chi connectivity index (χ1v) is 12.0. The van der Waals surface area contributed by atoms with Crippen molar-refractivity contribution in [2.75, 3.05) is 0 Å². The summed E-state index contributed by atoms with van der Waals surface area (Å²) in [6.07, 6.45) is 2.09. The molecule has 0 aliphatic heterocycles. The molecule has 24 heavy (non-hydrogen) atoms. The van der Waals surface area contributed by atoms with Crippen molar-refractivity contribution in [2.24, 2.45) is 0 Å². The summed E-state index contributed by atoms with van der Waals surface area (Å²) >= 11 is 0. The second kappa shape index (κ2) is 6.37. The van der Waals surface area contributed by atoms with E-state index in [2.05, 4.69) is 94.3 Å².